The Labute approximate surface area is 146 Å². The average Bonchev–Trinajstić information content (AvgIpc) is 2.61. The summed E-state index contributed by atoms with van der Waals surface area (Å²) in [6, 6.07) is 17.0. The molecule has 0 amide bonds. The van der Waals surface area contributed by atoms with E-state index in [1.165, 1.54) is 0 Å². The molecule has 0 unspecified atom stereocenters. The minimum atomic E-state index is -0.173. The highest BCUT2D eigenvalue weighted by Crippen LogP contribution is 2.29. The Balaban J connectivity index is 2.07. The number of phenolic OH excluding ortho intramolecular Hbond substituents is 1. The number of benzene rings is 2. The molecular formula is C20H21N3O2. The Bertz CT molecular complexity index is 918. The van der Waals surface area contributed by atoms with E-state index >= 15 is 0 Å². The molecule has 3 aromatic rings. The third kappa shape index (κ3) is 3.71. The molecule has 1 aromatic heterocycles. The Morgan fingerprint density at radius 3 is 2.36 bits per heavy atom. The van der Waals surface area contributed by atoms with Gasteiger partial charge in [0.1, 0.15) is 5.75 Å². The van der Waals surface area contributed by atoms with Gasteiger partial charge in [0.2, 0.25) is 5.95 Å². The average molecular weight is 335 g/mol. The van der Waals surface area contributed by atoms with E-state index in [9.17, 15) is 9.90 Å². The summed E-state index contributed by atoms with van der Waals surface area (Å²) in [6.07, 6.45) is 1.28. The van der Waals surface area contributed by atoms with Crippen molar-refractivity contribution in [3.05, 3.63) is 76.1 Å². The highest BCUT2D eigenvalue weighted by atomic mass is 16.3. The molecule has 2 aromatic carbocycles. The largest absolute Gasteiger partial charge is 0.507 e. The van der Waals surface area contributed by atoms with E-state index in [1.54, 1.807) is 23.1 Å². The summed E-state index contributed by atoms with van der Waals surface area (Å²) in [5, 5.41) is 10.2. The fraction of sp³-hybridized carbons (Fsp3) is 0.200. The number of aromatic nitrogens is 2. The first-order chi connectivity index (χ1) is 12.1. The molecule has 0 atom stereocenters. The number of aromatic amines is 1. The minimum absolute atomic E-state index is 0.117. The topological polar surface area (TPSA) is 69.2 Å². The number of phenols is 1. The zero-order valence-electron chi connectivity index (χ0n) is 14.4. The maximum absolute atomic E-state index is 12.7. The van der Waals surface area contributed by atoms with Crippen molar-refractivity contribution in [2.75, 3.05) is 19.0 Å². The quantitative estimate of drug-likeness (QED) is 0.752. The van der Waals surface area contributed by atoms with Crippen molar-refractivity contribution in [3.63, 3.8) is 0 Å². The van der Waals surface area contributed by atoms with Crippen LogP contribution in [0.5, 0.6) is 5.75 Å². The number of nitrogens with one attached hydrogen (secondary N) is 1. The minimum Gasteiger partial charge on any atom is -0.507 e. The van der Waals surface area contributed by atoms with Gasteiger partial charge in [-0.1, -0.05) is 42.5 Å². The monoisotopic (exact) mass is 335 g/mol. The van der Waals surface area contributed by atoms with Gasteiger partial charge in [-0.2, -0.15) is 0 Å². The number of para-hydroxylation sites is 1. The number of hydrogen-bond acceptors (Lipinski definition) is 4. The fourth-order valence-electron chi connectivity index (χ4n) is 2.74. The van der Waals surface area contributed by atoms with E-state index in [2.05, 4.69) is 9.97 Å². The van der Waals surface area contributed by atoms with Crippen LogP contribution in [0.2, 0.25) is 0 Å². The molecule has 0 saturated heterocycles. The second-order valence-corrected chi connectivity index (χ2v) is 6.11. The summed E-state index contributed by atoms with van der Waals surface area (Å²) >= 11 is 0. The van der Waals surface area contributed by atoms with Crippen molar-refractivity contribution in [1.82, 2.24) is 9.97 Å². The molecule has 0 aliphatic heterocycles. The lowest BCUT2D eigenvalue weighted by molar-refractivity contribution is 0.477. The number of rotatable bonds is 5. The summed E-state index contributed by atoms with van der Waals surface area (Å²) < 4.78 is 0. The maximum atomic E-state index is 12.7. The van der Waals surface area contributed by atoms with Gasteiger partial charge in [-0.15, -0.1) is 0 Å². The predicted octanol–water partition coefficient (Wildman–Crippen LogP) is 2.99. The number of aromatic hydroxyl groups is 1. The molecule has 0 radical (unpaired) electrons. The lowest BCUT2D eigenvalue weighted by Crippen LogP contribution is -2.23. The lowest BCUT2D eigenvalue weighted by Gasteiger charge is -2.15. The number of anilines is 1. The first kappa shape index (κ1) is 16.8. The van der Waals surface area contributed by atoms with Crippen molar-refractivity contribution in [1.29, 1.82) is 0 Å². The molecular weight excluding hydrogens is 314 g/mol. The third-order valence-electron chi connectivity index (χ3n) is 4.09. The normalized spacial score (nSPS) is 10.6. The molecule has 3 rings (SSSR count). The Hall–Kier alpha value is -3.08. The Kier molecular flexibility index (Phi) is 4.84. The summed E-state index contributed by atoms with van der Waals surface area (Å²) in [6.45, 7) is 0. The van der Waals surface area contributed by atoms with E-state index in [-0.39, 0.29) is 11.3 Å². The van der Waals surface area contributed by atoms with Gasteiger partial charge in [-0.3, -0.25) is 9.78 Å². The summed E-state index contributed by atoms with van der Waals surface area (Å²) in [5.74, 6) is 0.581. The molecule has 5 heteroatoms. The molecule has 5 nitrogen and oxygen atoms in total. The van der Waals surface area contributed by atoms with Crippen LogP contribution >= 0.6 is 0 Å². The Morgan fingerprint density at radius 1 is 1.00 bits per heavy atom. The van der Waals surface area contributed by atoms with Gasteiger partial charge in [-0.25, -0.2) is 4.98 Å². The van der Waals surface area contributed by atoms with E-state index in [0.29, 0.717) is 29.2 Å². The van der Waals surface area contributed by atoms with Crippen LogP contribution in [-0.2, 0) is 12.8 Å². The second kappa shape index (κ2) is 7.21. The van der Waals surface area contributed by atoms with Crippen LogP contribution in [0.4, 0.5) is 5.95 Å². The summed E-state index contributed by atoms with van der Waals surface area (Å²) in [4.78, 5) is 21.8. The molecule has 2 N–H and O–H groups in total. The first-order valence-electron chi connectivity index (χ1n) is 8.19. The van der Waals surface area contributed by atoms with Crippen LogP contribution in [0.25, 0.3) is 11.3 Å². The van der Waals surface area contributed by atoms with Crippen LogP contribution in [0.15, 0.2) is 59.4 Å². The number of H-pyrrole nitrogens is 1. The molecule has 0 spiro atoms. The molecule has 128 valence electrons. The van der Waals surface area contributed by atoms with Gasteiger partial charge in [-0.05, 0) is 30.5 Å². The SMILES string of the molecule is CN(C)c1nc(-c2ccccc2O)c(CCc2ccccc2)c(=O)[nH]1. The standard InChI is InChI=1S/C20H21N3O2/c1-23(2)20-21-18(15-10-6-7-11-17(15)24)16(19(25)22-20)13-12-14-8-4-3-5-9-14/h3-11,24H,12-13H2,1-2H3,(H,21,22,25). The van der Waals surface area contributed by atoms with E-state index in [0.717, 1.165) is 12.0 Å². The van der Waals surface area contributed by atoms with Crippen molar-refractivity contribution >= 4 is 5.95 Å². The van der Waals surface area contributed by atoms with Gasteiger partial charge >= 0.3 is 0 Å². The van der Waals surface area contributed by atoms with Crippen LogP contribution in [0, 0.1) is 0 Å². The zero-order valence-corrected chi connectivity index (χ0v) is 14.4. The molecule has 0 aliphatic carbocycles. The molecule has 0 bridgehead atoms. The van der Waals surface area contributed by atoms with Crippen molar-refractivity contribution < 1.29 is 5.11 Å². The lowest BCUT2D eigenvalue weighted by atomic mass is 10.00. The van der Waals surface area contributed by atoms with Crippen LogP contribution in [-0.4, -0.2) is 29.2 Å². The Morgan fingerprint density at radius 2 is 1.68 bits per heavy atom. The molecule has 0 fully saturated rings. The summed E-state index contributed by atoms with van der Waals surface area (Å²) in [7, 11) is 3.63. The number of aryl methyl sites for hydroxylation is 1. The van der Waals surface area contributed by atoms with Crippen LogP contribution < -0.4 is 10.5 Å². The van der Waals surface area contributed by atoms with Gasteiger partial charge in [0, 0.05) is 25.2 Å². The maximum Gasteiger partial charge on any atom is 0.256 e. The van der Waals surface area contributed by atoms with Gasteiger partial charge in [0.05, 0.1) is 5.69 Å². The van der Waals surface area contributed by atoms with E-state index in [4.69, 9.17) is 0 Å². The summed E-state index contributed by atoms with van der Waals surface area (Å²) in [5.41, 5.74) is 2.66. The second-order valence-electron chi connectivity index (χ2n) is 6.11. The molecule has 0 aliphatic rings. The van der Waals surface area contributed by atoms with Gasteiger partial charge in [0.15, 0.2) is 0 Å². The molecule has 1 heterocycles. The van der Waals surface area contributed by atoms with Crippen molar-refractivity contribution in [2.45, 2.75) is 12.8 Å². The highest BCUT2D eigenvalue weighted by Gasteiger charge is 2.16. The smallest absolute Gasteiger partial charge is 0.256 e. The van der Waals surface area contributed by atoms with Gasteiger partial charge in [0.25, 0.3) is 5.56 Å². The molecule has 0 saturated carbocycles. The zero-order chi connectivity index (χ0) is 17.8. The number of hydrogen-bond donors (Lipinski definition) is 2. The van der Waals surface area contributed by atoms with E-state index in [1.807, 2.05) is 50.5 Å². The highest BCUT2D eigenvalue weighted by molar-refractivity contribution is 5.70. The first-order valence-corrected chi connectivity index (χ1v) is 8.19. The van der Waals surface area contributed by atoms with Crippen LogP contribution in [0.3, 0.4) is 0 Å². The van der Waals surface area contributed by atoms with E-state index < -0.39 is 0 Å². The van der Waals surface area contributed by atoms with Crippen molar-refractivity contribution in [2.24, 2.45) is 0 Å². The van der Waals surface area contributed by atoms with Gasteiger partial charge < -0.3 is 10.0 Å². The molecule has 25 heavy (non-hydrogen) atoms. The number of nitrogens with zero attached hydrogens (tertiary/aromatic N) is 2. The fourth-order valence-corrected chi connectivity index (χ4v) is 2.74. The predicted molar refractivity (Wildman–Crippen MR) is 100 cm³/mol. The van der Waals surface area contributed by atoms with Crippen molar-refractivity contribution in [3.8, 4) is 17.0 Å². The third-order valence-corrected chi connectivity index (χ3v) is 4.09. The van der Waals surface area contributed by atoms with Crippen LogP contribution in [0.1, 0.15) is 11.1 Å².